The molecule has 2 aliphatic rings. The number of carbonyl (C=O) groups is 1. The number of aromatic nitrogens is 2. The predicted octanol–water partition coefficient (Wildman–Crippen LogP) is 1.67. The minimum Gasteiger partial charge on any atom is -0.379 e. The lowest BCUT2D eigenvalue weighted by Crippen LogP contribution is -2.44. The van der Waals surface area contributed by atoms with E-state index in [2.05, 4.69) is 31.0 Å². The van der Waals surface area contributed by atoms with Crippen LogP contribution in [0.4, 0.5) is 0 Å². The highest BCUT2D eigenvalue weighted by atomic mass is 79.9. The average Bonchev–Trinajstić information content (AvgIpc) is 2.88. The molecule has 0 unspecified atom stereocenters. The normalized spacial score (nSPS) is 21.3. The second-order valence-electron chi connectivity index (χ2n) is 6.16. The molecule has 0 saturated carbocycles. The van der Waals surface area contributed by atoms with Crippen molar-refractivity contribution in [2.45, 2.75) is 19.8 Å². The lowest BCUT2D eigenvalue weighted by molar-refractivity contribution is 0.0242. The molecule has 2 saturated heterocycles. The summed E-state index contributed by atoms with van der Waals surface area (Å²) in [6.07, 6.45) is 2.15. The van der Waals surface area contributed by atoms with E-state index in [9.17, 15) is 4.79 Å². The van der Waals surface area contributed by atoms with Crippen LogP contribution in [0.25, 0.3) is 0 Å². The Morgan fingerprint density at radius 3 is 2.59 bits per heavy atom. The molecule has 2 fully saturated rings. The molecule has 0 radical (unpaired) electrons. The van der Waals surface area contributed by atoms with Crippen LogP contribution in [-0.2, 0) is 4.74 Å². The van der Waals surface area contributed by atoms with Crippen molar-refractivity contribution >= 4 is 21.8 Å². The Morgan fingerprint density at radius 2 is 2.00 bits per heavy atom. The molecule has 3 rings (SSSR count). The Kier molecular flexibility index (Phi) is 5.15. The van der Waals surface area contributed by atoms with Gasteiger partial charge < -0.3 is 9.64 Å². The number of carbonyl (C=O) groups excluding carboxylic acids is 1. The van der Waals surface area contributed by atoms with E-state index in [1.54, 1.807) is 0 Å². The molecule has 0 aliphatic carbocycles. The second-order valence-corrected chi connectivity index (χ2v) is 6.95. The monoisotopic (exact) mass is 370 g/mol. The number of nitrogens with zero attached hydrogens (tertiary/aromatic N) is 3. The molecule has 1 aromatic rings. The molecule has 0 spiro atoms. The van der Waals surface area contributed by atoms with Gasteiger partial charge in [-0.25, -0.2) is 0 Å². The molecule has 6 nitrogen and oxygen atoms in total. The Balaban J connectivity index is 1.50. The van der Waals surface area contributed by atoms with Crippen LogP contribution in [0.5, 0.6) is 0 Å². The first-order valence-electron chi connectivity index (χ1n) is 7.95. The number of nitrogens with one attached hydrogen (secondary N) is 1. The molecule has 7 heteroatoms. The summed E-state index contributed by atoms with van der Waals surface area (Å²) in [4.78, 5) is 16.9. The Morgan fingerprint density at radius 1 is 1.32 bits per heavy atom. The maximum atomic E-state index is 12.5. The van der Waals surface area contributed by atoms with Crippen LogP contribution in [0.1, 0.15) is 29.0 Å². The summed E-state index contributed by atoms with van der Waals surface area (Å²) in [6, 6.07) is 0. The Labute approximate surface area is 139 Å². The molecular formula is C15H23BrN4O2. The van der Waals surface area contributed by atoms with Gasteiger partial charge in [-0.3, -0.25) is 14.8 Å². The fourth-order valence-electron chi connectivity index (χ4n) is 3.17. The zero-order valence-corrected chi connectivity index (χ0v) is 14.6. The SMILES string of the molecule is Cc1[nH]nc(C(=O)N2CCC(CN3CCOCC3)CC2)c1Br. The van der Waals surface area contributed by atoms with Crippen LogP contribution < -0.4 is 0 Å². The summed E-state index contributed by atoms with van der Waals surface area (Å²) >= 11 is 3.44. The number of morpholine rings is 1. The predicted molar refractivity (Wildman–Crippen MR) is 86.9 cm³/mol. The zero-order valence-electron chi connectivity index (χ0n) is 13.0. The van der Waals surface area contributed by atoms with Gasteiger partial charge in [0.25, 0.3) is 5.91 Å². The molecule has 2 aliphatic heterocycles. The number of rotatable bonds is 3. The largest absolute Gasteiger partial charge is 0.379 e. The molecule has 0 atom stereocenters. The smallest absolute Gasteiger partial charge is 0.275 e. The number of aromatic amines is 1. The van der Waals surface area contributed by atoms with Gasteiger partial charge in [-0.15, -0.1) is 0 Å². The number of halogens is 1. The molecule has 0 bridgehead atoms. The third-order valence-electron chi connectivity index (χ3n) is 4.60. The molecule has 0 aromatic carbocycles. The van der Waals surface area contributed by atoms with Crippen LogP contribution in [0.3, 0.4) is 0 Å². The van der Waals surface area contributed by atoms with Crippen molar-refractivity contribution in [2.24, 2.45) is 5.92 Å². The van der Waals surface area contributed by atoms with E-state index in [1.807, 2.05) is 11.8 Å². The molecule has 1 amide bonds. The van der Waals surface area contributed by atoms with Gasteiger partial charge in [0.05, 0.1) is 17.7 Å². The zero-order chi connectivity index (χ0) is 15.5. The summed E-state index contributed by atoms with van der Waals surface area (Å²) < 4.78 is 6.18. The number of ether oxygens (including phenoxy) is 1. The van der Waals surface area contributed by atoms with Crippen molar-refractivity contribution in [2.75, 3.05) is 45.9 Å². The first-order chi connectivity index (χ1) is 10.6. The minimum absolute atomic E-state index is 0.0287. The van der Waals surface area contributed by atoms with Gasteiger partial charge >= 0.3 is 0 Å². The van der Waals surface area contributed by atoms with E-state index in [1.165, 1.54) is 0 Å². The number of piperidine rings is 1. The number of hydrogen-bond donors (Lipinski definition) is 1. The summed E-state index contributed by atoms with van der Waals surface area (Å²) in [5.41, 5.74) is 1.40. The van der Waals surface area contributed by atoms with E-state index in [-0.39, 0.29) is 5.91 Å². The summed E-state index contributed by atoms with van der Waals surface area (Å²) in [5, 5.41) is 6.97. The van der Waals surface area contributed by atoms with Crippen LogP contribution in [0.2, 0.25) is 0 Å². The highest BCUT2D eigenvalue weighted by Crippen LogP contribution is 2.24. The number of H-pyrrole nitrogens is 1. The van der Waals surface area contributed by atoms with Crippen molar-refractivity contribution in [1.82, 2.24) is 20.0 Å². The Hall–Kier alpha value is -0.920. The van der Waals surface area contributed by atoms with Crippen molar-refractivity contribution in [3.8, 4) is 0 Å². The van der Waals surface area contributed by atoms with Crippen LogP contribution in [0, 0.1) is 12.8 Å². The molecule has 122 valence electrons. The summed E-state index contributed by atoms with van der Waals surface area (Å²) in [7, 11) is 0. The van der Waals surface area contributed by atoms with Crippen LogP contribution in [0.15, 0.2) is 4.47 Å². The van der Waals surface area contributed by atoms with Crippen LogP contribution in [-0.4, -0.2) is 71.8 Å². The number of hydrogen-bond acceptors (Lipinski definition) is 4. The lowest BCUT2D eigenvalue weighted by Gasteiger charge is -2.35. The first-order valence-corrected chi connectivity index (χ1v) is 8.74. The maximum Gasteiger partial charge on any atom is 0.275 e. The Bertz CT molecular complexity index is 520. The fraction of sp³-hybridized carbons (Fsp3) is 0.733. The molecular weight excluding hydrogens is 348 g/mol. The van der Waals surface area contributed by atoms with Gasteiger partial charge in [0.15, 0.2) is 5.69 Å². The highest BCUT2D eigenvalue weighted by molar-refractivity contribution is 9.10. The number of aryl methyl sites for hydroxylation is 1. The lowest BCUT2D eigenvalue weighted by atomic mass is 9.96. The number of amides is 1. The quantitative estimate of drug-likeness (QED) is 0.878. The topological polar surface area (TPSA) is 61.5 Å². The van der Waals surface area contributed by atoms with Crippen molar-refractivity contribution < 1.29 is 9.53 Å². The van der Waals surface area contributed by atoms with Gasteiger partial charge in [-0.1, -0.05) is 0 Å². The van der Waals surface area contributed by atoms with E-state index in [0.29, 0.717) is 11.6 Å². The van der Waals surface area contributed by atoms with Gasteiger partial charge in [-0.2, -0.15) is 5.10 Å². The third-order valence-corrected chi connectivity index (χ3v) is 5.57. The van der Waals surface area contributed by atoms with Crippen molar-refractivity contribution in [3.63, 3.8) is 0 Å². The number of likely N-dealkylation sites (tertiary alicyclic amines) is 1. The summed E-state index contributed by atoms with van der Waals surface area (Å²) in [5.74, 6) is 0.715. The molecule has 3 heterocycles. The maximum absolute atomic E-state index is 12.5. The second kappa shape index (κ2) is 7.10. The van der Waals surface area contributed by atoms with E-state index >= 15 is 0 Å². The van der Waals surface area contributed by atoms with Gasteiger partial charge in [-0.05, 0) is 41.6 Å². The third kappa shape index (κ3) is 3.52. The molecule has 1 aromatic heterocycles. The highest BCUT2D eigenvalue weighted by Gasteiger charge is 2.28. The van der Waals surface area contributed by atoms with E-state index < -0.39 is 0 Å². The van der Waals surface area contributed by atoms with Crippen molar-refractivity contribution in [3.05, 3.63) is 15.9 Å². The standard InChI is InChI=1S/C15H23BrN4O2/c1-11-13(16)14(18-17-11)15(21)20-4-2-12(3-5-20)10-19-6-8-22-9-7-19/h12H,2-10H2,1H3,(H,17,18). The summed E-state index contributed by atoms with van der Waals surface area (Å²) in [6.45, 7) is 8.47. The first kappa shape index (κ1) is 16.0. The van der Waals surface area contributed by atoms with E-state index in [4.69, 9.17) is 4.74 Å². The van der Waals surface area contributed by atoms with E-state index in [0.717, 1.165) is 68.9 Å². The van der Waals surface area contributed by atoms with Gasteiger partial charge in [0.1, 0.15) is 0 Å². The van der Waals surface area contributed by atoms with Crippen molar-refractivity contribution in [1.29, 1.82) is 0 Å². The average molecular weight is 371 g/mol. The van der Waals surface area contributed by atoms with Gasteiger partial charge in [0.2, 0.25) is 0 Å². The molecule has 1 N–H and O–H groups in total. The van der Waals surface area contributed by atoms with Gasteiger partial charge in [0, 0.05) is 38.4 Å². The van der Waals surface area contributed by atoms with Crippen LogP contribution >= 0.6 is 15.9 Å². The fourth-order valence-corrected chi connectivity index (χ4v) is 3.52. The minimum atomic E-state index is 0.0287. The molecule has 22 heavy (non-hydrogen) atoms.